The fourth-order valence-electron chi connectivity index (χ4n) is 0.695. The minimum absolute atomic E-state index is 0. The van der Waals surface area contributed by atoms with E-state index in [1.807, 2.05) is 30.3 Å². The van der Waals surface area contributed by atoms with E-state index in [0.717, 1.165) is 5.56 Å². The van der Waals surface area contributed by atoms with Gasteiger partial charge in [0.05, 0.1) is 0 Å². The Bertz CT molecular complexity index is 162. The van der Waals surface area contributed by atoms with Crippen LogP contribution in [-0.4, -0.2) is 11.7 Å². The van der Waals surface area contributed by atoms with E-state index < -0.39 is 0 Å². The zero-order valence-corrected chi connectivity index (χ0v) is 9.78. The Morgan fingerprint density at radius 1 is 1.20 bits per heavy atom. The summed E-state index contributed by atoms with van der Waals surface area (Å²) < 4.78 is 0. The van der Waals surface area contributed by atoms with Gasteiger partial charge < -0.3 is 5.11 Å². The fourth-order valence-corrected chi connectivity index (χ4v) is 0.695. The van der Waals surface area contributed by atoms with Crippen molar-refractivity contribution in [2.75, 3.05) is 6.61 Å². The van der Waals surface area contributed by atoms with Crippen LogP contribution in [0.1, 0.15) is 5.56 Å². The Labute approximate surface area is 84.8 Å². The standard InChI is InChI=1S/C8H9O.U/c9-7-6-8-4-2-1-3-5-8;/h1-6,9H,7H2;/q-1;. The molecule has 1 nitrogen and oxygen atoms in total. The zero-order chi connectivity index (χ0) is 6.53. The Morgan fingerprint density at radius 2 is 1.80 bits per heavy atom. The third-order valence-electron chi connectivity index (χ3n) is 1.13. The largest absolute Gasteiger partial charge is 0.405 e. The quantitative estimate of drug-likeness (QED) is 0.788. The third kappa shape index (κ3) is 3.32. The van der Waals surface area contributed by atoms with Gasteiger partial charge >= 0.3 is 0 Å². The summed E-state index contributed by atoms with van der Waals surface area (Å²) in [5, 5.41) is 8.46. The Balaban J connectivity index is 0.000000810. The third-order valence-corrected chi connectivity index (χ3v) is 1.13. The predicted molar refractivity (Wildman–Crippen MR) is 36.9 cm³/mol. The van der Waals surface area contributed by atoms with Gasteiger partial charge in [-0.3, -0.25) is 0 Å². The normalized spacial score (nSPS) is 8.10. The minimum Gasteiger partial charge on any atom is -0.405 e. The Morgan fingerprint density at radius 3 is 2.30 bits per heavy atom. The van der Waals surface area contributed by atoms with Crippen LogP contribution in [0.4, 0.5) is 0 Å². The molecule has 0 aliphatic rings. The number of hydrogen-bond donors (Lipinski definition) is 1. The van der Waals surface area contributed by atoms with E-state index in [4.69, 9.17) is 5.11 Å². The van der Waals surface area contributed by atoms with Gasteiger partial charge in [-0.25, -0.2) is 0 Å². The minimum atomic E-state index is 0. The SMILES string of the molecule is OC[CH-]c1ccccc1.[U]. The van der Waals surface area contributed by atoms with Crippen LogP contribution in [0.15, 0.2) is 30.3 Å². The second-order valence-electron chi connectivity index (χ2n) is 1.80. The van der Waals surface area contributed by atoms with E-state index in [9.17, 15) is 0 Å². The summed E-state index contributed by atoms with van der Waals surface area (Å²) in [7, 11) is 0. The van der Waals surface area contributed by atoms with Crippen molar-refractivity contribution in [3.8, 4) is 0 Å². The van der Waals surface area contributed by atoms with Crippen molar-refractivity contribution in [2.45, 2.75) is 0 Å². The molecule has 1 aromatic rings. The summed E-state index contributed by atoms with van der Waals surface area (Å²) in [6, 6.07) is 9.75. The molecular formula is C8H9OU-. The van der Waals surface area contributed by atoms with Crippen LogP contribution < -0.4 is 0 Å². The molecule has 52 valence electrons. The Hall–Kier alpha value is 0.102. The first kappa shape index (κ1) is 10.1. The summed E-state index contributed by atoms with van der Waals surface area (Å²) in [4.78, 5) is 0. The van der Waals surface area contributed by atoms with Gasteiger partial charge in [0.15, 0.2) is 0 Å². The van der Waals surface area contributed by atoms with Crippen molar-refractivity contribution in [1.82, 2.24) is 0 Å². The molecule has 2 heteroatoms. The predicted octanol–water partition coefficient (Wildman–Crippen LogP) is 1.23. The molecule has 1 aromatic carbocycles. The molecule has 0 aliphatic heterocycles. The molecule has 0 bridgehead atoms. The van der Waals surface area contributed by atoms with Gasteiger partial charge in [-0.2, -0.15) is 24.1 Å². The van der Waals surface area contributed by atoms with E-state index in [0.29, 0.717) is 0 Å². The monoisotopic (exact) mass is 359 g/mol. The molecule has 0 heterocycles. The second-order valence-corrected chi connectivity index (χ2v) is 1.80. The Kier molecular flexibility index (Phi) is 5.91. The molecule has 0 spiro atoms. The molecule has 0 atom stereocenters. The molecule has 0 amide bonds. The maximum absolute atomic E-state index is 8.46. The smallest absolute Gasteiger partial charge is 0.0180 e. The number of hydrogen-bond acceptors (Lipinski definition) is 1. The topological polar surface area (TPSA) is 20.2 Å². The molecule has 0 saturated heterocycles. The maximum atomic E-state index is 8.46. The first-order valence-corrected chi connectivity index (χ1v) is 2.92. The van der Waals surface area contributed by atoms with Crippen molar-refractivity contribution < 1.29 is 36.2 Å². The van der Waals surface area contributed by atoms with Gasteiger partial charge in [0.1, 0.15) is 0 Å². The molecule has 0 saturated carbocycles. The number of aliphatic hydroxyl groups is 1. The van der Waals surface area contributed by atoms with Crippen LogP contribution >= 0.6 is 0 Å². The first-order valence-electron chi connectivity index (χ1n) is 2.92. The molecule has 0 radical (unpaired) electrons. The van der Waals surface area contributed by atoms with Crippen LogP contribution in [0.5, 0.6) is 0 Å². The molecule has 0 aromatic heterocycles. The van der Waals surface area contributed by atoms with Crippen LogP contribution in [0.3, 0.4) is 0 Å². The van der Waals surface area contributed by atoms with Gasteiger partial charge in [-0.15, -0.1) is 12.1 Å². The van der Waals surface area contributed by atoms with Gasteiger partial charge in [0, 0.05) is 37.7 Å². The molecule has 1 N–H and O–H groups in total. The summed E-state index contributed by atoms with van der Waals surface area (Å²) in [5.74, 6) is 0. The summed E-state index contributed by atoms with van der Waals surface area (Å²) >= 11 is 0. The van der Waals surface area contributed by atoms with Crippen molar-refractivity contribution in [3.05, 3.63) is 42.3 Å². The average molecular weight is 359 g/mol. The summed E-state index contributed by atoms with van der Waals surface area (Å²) in [5.41, 5.74) is 1.07. The van der Waals surface area contributed by atoms with Gasteiger partial charge in [-0.05, 0) is 0 Å². The molecule has 10 heavy (non-hydrogen) atoms. The van der Waals surface area contributed by atoms with Crippen molar-refractivity contribution >= 4 is 0 Å². The molecule has 1 rings (SSSR count). The van der Waals surface area contributed by atoms with Crippen LogP contribution in [0.25, 0.3) is 0 Å². The van der Waals surface area contributed by atoms with Crippen molar-refractivity contribution in [3.63, 3.8) is 0 Å². The van der Waals surface area contributed by atoms with E-state index in [-0.39, 0.29) is 37.7 Å². The van der Waals surface area contributed by atoms with Crippen molar-refractivity contribution in [2.24, 2.45) is 0 Å². The fraction of sp³-hybridized carbons (Fsp3) is 0.125. The van der Waals surface area contributed by atoms with Crippen molar-refractivity contribution in [1.29, 1.82) is 0 Å². The van der Waals surface area contributed by atoms with Gasteiger partial charge in [0.25, 0.3) is 0 Å². The molecule has 0 aliphatic carbocycles. The van der Waals surface area contributed by atoms with E-state index in [1.54, 1.807) is 6.42 Å². The van der Waals surface area contributed by atoms with E-state index in [2.05, 4.69) is 0 Å². The molecular weight excluding hydrogens is 350 g/mol. The van der Waals surface area contributed by atoms with Gasteiger partial charge in [-0.1, -0.05) is 6.07 Å². The van der Waals surface area contributed by atoms with Crippen LogP contribution in [0.2, 0.25) is 0 Å². The first-order chi connectivity index (χ1) is 4.43. The van der Waals surface area contributed by atoms with E-state index in [1.165, 1.54) is 0 Å². The van der Waals surface area contributed by atoms with Gasteiger partial charge in [0.2, 0.25) is 0 Å². The second kappa shape index (κ2) is 5.85. The number of benzene rings is 1. The maximum Gasteiger partial charge on any atom is 0.0180 e. The number of aliphatic hydroxyl groups excluding tert-OH is 1. The summed E-state index contributed by atoms with van der Waals surface area (Å²) in [6.07, 6.45) is 1.76. The molecule has 0 unspecified atom stereocenters. The van der Waals surface area contributed by atoms with Crippen LogP contribution in [-0.2, 0) is 0 Å². The summed E-state index contributed by atoms with van der Waals surface area (Å²) in [6.45, 7) is 0.115. The zero-order valence-electron chi connectivity index (χ0n) is 5.62. The number of rotatable bonds is 2. The van der Waals surface area contributed by atoms with Crippen LogP contribution in [0, 0.1) is 37.5 Å². The average Bonchev–Trinajstić information content (AvgIpc) is 1.91. The van der Waals surface area contributed by atoms with E-state index >= 15 is 0 Å². The molecule has 0 fully saturated rings.